The van der Waals surface area contributed by atoms with Gasteiger partial charge in [-0.15, -0.1) is 0 Å². The number of rotatable bonds is 3. The van der Waals surface area contributed by atoms with E-state index < -0.39 is 5.60 Å². The minimum Gasteiger partial charge on any atom is -0.444 e. The molecule has 0 saturated carbocycles. The number of amides is 2. The Morgan fingerprint density at radius 1 is 1.06 bits per heavy atom. The molecule has 1 saturated heterocycles. The zero-order valence-electron chi connectivity index (χ0n) is 18.1. The van der Waals surface area contributed by atoms with Crippen LogP contribution in [0.15, 0.2) is 42.5 Å². The van der Waals surface area contributed by atoms with Gasteiger partial charge < -0.3 is 19.9 Å². The Labute approximate surface area is 193 Å². The maximum Gasteiger partial charge on any atom is 0.410 e. The highest BCUT2D eigenvalue weighted by Gasteiger charge is 2.34. The number of nitrogens with one attached hydrogen (secondary N) is 1. The molecule has 2 amide bonds. The molecule has 31 heavy (non-hydrogen) atoms. The van der Waals surface area contributed by atoms with Crippen molar-refractivity contribution in [3.05, 3.63) is 63.6 Å². The Morgan fingerprint density at radius 2 is 1.74 bits per heavy atom. The molecule has 8 heteroatoms. The second-order valence-electron chi connectivity index (χ2n) is 8.43. The lowest BCUT2D eigenvalue weighted by molar-refractivity contribution is 0.0214. The van der Waals surface area contributed by atoms with E-state index in [9.17, 15) is 9.59 Å². The Bertz CT molecular complexity index is 958. The van der Waals surface area contributed by atoms with Crippen LogP contribution >= 0.6 is 23.2 Å². The normalized spacial score (nSPS) is 16.8. The number of piperazine rings is 1. The van der Waals surface area contributed by atoms with Gasteiger partial charge in [0.15, 0.2) is 0 Å². The van der Waals surface area contributed by atoms with Crippen LogP contribution in [-0.4, -0.2) is 49.2 Å². The number of halogens is 2. The molecule has 1 atom stereocenters. The van der Waals surface area contributed by atoms with E-state index in [1.54, 1.807) is 24.1 Å². The van der Waals surface area contributed by atoms with E-state index in [4.69, 9.17) is 27.9 Å². The lowest BCUT2D eigenvalue weighted by atomic mass is 10.0. The maximum absolute atomic E-state index is 12.7. The van der Waals surface area contributed by atoms with E-state index in [-0.39, 0.29) is 18.0 Å². The smallest absolute Gasteiger partial charge is 0.410 e. The SMILES string of the molecule is CNC(=O)c1ccc(N2CCN(C(=O)OC(C)(C)C)C[C@H]2c2ccc(Cl)cc2)c(Cl)c1. The second kappa shape index (κ2) is 9.37. The van der Waals surface area contributed by atoms with E-state index >= 15 is 0 Å². The van der Waals surface area contributed by atoms with Crippen molar-refractivity contribution in [2.45, 2.75) is 32.4 Å². The quantitative estimate of drug-likeness (QED) is 0.683. The van der Waals surface area contributed by atoms with Crippen LogP contribution < -0.4 is 10.2 Å². The molecule has 2 aromatic rings. The number of hydrogen-bond donors (Lipinski definition) is 1. The van der Waals surface area contributed by atoms with Gasteiger partial charge in [0.2, 0.25) is 0 Å². The van der Waals surface area contributed by atoms with Crippen molar-refractivity contribution in [3.63, 3.8) is 0 Å². The van der Waals surface area contributed by atoms with Gasteiger partial charge in [-0.1, -0.05) is 35.3 Å². The highest BCUT2D eigenvalue weighted by molar-refractivity contribution is 6.33. The number of carbonyl (C=O) groups is 2. The fourth-order valence-corrected chi connectivity index (χ4v) is 3.97. The molecule has 1 N–H and O–H groups in total. The van der Waals surface area contributed by atoms with Crippen LogP contribution in [0.5, 0.6) is 0 Å². The first-order valence-corrected chi connectivity index (χ1v) is 10.9. The Hall–Kier alpha value is -2.44. The van der Waals surface area contributed by atoms with Gasteiger partial charge >= 0.3 is 6.09 Å². The van der Waals surface area contributed by atoms with Gasteiger partial charge in [0.1, 0.15) is 5.60 Å². The minimum atomic E-state index is -0.566. The summed E-state index contributed by atoms with van der Waals surface area (Å²) < 4.78 is 5.58. The average molecular weight is 464 g/mol. The fourth-order valence-electron chi connectivity index (χ4n) is 3.56. The topological polar surface area (TPSA) is 61.9 Å². The summed E-state index contributed by atoms with van der Waals surface area (Å²) in [6.45, 7) is 7.05. The Kier molecular flexibility index (Phi) is 7.02. The predicted octanol–water partition coefficient (Wildman–Crippen LogP) is 5.15. The second-order valence-corrected chi connectivity index (χ2v) is 9.28. The average Bonchev–Trinajstić information content (AvgIpc) is 2.72. The largest absolute Gasteiger partial charge is 0.444 e. The summed E-state index contributed by atoms with van der Waals surface area (Å²) in [5, 5.41) is 3.72. The predicted molar refractivity (Wildman–Crippen MR) is 124 cm³/mol. The highest BCUT2D eigenvalue weighted by atomic mass is 35.5. The Morgan fingerprint density at radius 3 is 2.32 bits per heavy atom. The zero-order valence-corrected chi connectivity index (χ0v) is 19.6. The molecule has 1 heterocycles. The van der Waals surface area contributed by atoms with Crippen molar-refractivity contribution in [1.29, 1.82) is 0 Å². The van der Waals surface area contributed by atoms with Gasteiger partial charge in [0.25, 0.3) is 5.91 Å². The van der Waals surface area contributed by atoms with Gasteiger partial charge in [-0.05, 0) is 56.7 Å². The zero-order chi connectivity index (χ0) is 22.8. The number of benzene rings is 2. The molecule has 2 aromatic carbocycles. The van der Waals surface area contributed by atoms with Gasteiger partial charge in [0, 0.05) is 37.3 Å². The molecule has 1 fully saturated rings. The summed E-state index contributed by atoms with van der Waals surface area (Å²) in [4.78, 5) is 28.5. The van der Waals surface area contributed by atoms with Crippen molar-refractivity contribution >= 4 is 40.9 Å². The summed E-state index contributed by atoms with van der Waals surface area (Å²) in [5.74, 6) is -0.197. The van der Waals surface area contributed by atoms with E-state index in [1.807, 2.05) is 51.1 Å². The van der Waals surface area contributed by atoms with Crippen molar-refractivity contribution < 1.29 is 14.3 Å². The van der Waals surface area contributed by atoms with Crippen molar-refractivity contribution in [2.24, 2.45) is 0 Å². The molecule has 1 aliphatic heterocycles. The van der Waals surface area contributed by atoms with Gasteiger partial charge in [0.05, 0.1) is 16.8 Å². The third kappa shape index (κ3) is 5.63. The first kappa shape index (κ1) is 23.2. The van der Waals surface area contributed by atoms with E-state index in [1.165, 1.54) is 0 Å². The van der Waals surface area contributed by atoms with Crippen LogP contribution in [0.1, 0.15) is 42.7 Å². The van der Waals surface area contributed by atoms with Crippen molar-refractivity contribution in [2.75, 3.05) is 31.6 Å². The third-order valence-electron chi connectivity index (χ3n) is 5.03. The molecule has 0 aliphatic carbocycles. The van der Waals surface area contributed by atoms with Crippen molar-refractivity contribution in [1.82, 2.24) is 10.2 Å². The molecule has 0 bridgehead atoms. The van der Waals surface area contributed by atoms with Crippen LogP contribution in [0.25, 0.3) is 0 Å². The molecule has 0 aromatic heterocycles. The van der Waals surface area contributed by atoms with E-state index in [0.717, 1.165) is 11.3 Å². The van der Waals surface area contributed by atoms with Gasteiger partial charge in [-0.3, -0.25) is 4.79 Å². The van der Waals surface area contributed by atoms with Crippen LogP contribution in [0.2, 0.25) is 10.0 Å². The number of nitrogens with zero attached hydrogens (tertiary/aromatic N) is 2. The molecule has 6 nitrogen and oxygen atoms in total. The fraction of sp³-hybridized carbons (Fsp3) is 0.391. The number of anilines is 1. The lowest BCUT2D eigenvalue weighted by Gasteiger charge is -2.43. The van der Waals surface area contributed by atoms with Crippen molar-refractivity contribution in [3.8, 4) is 0 Å². The molecular weight excluding hydrogens is 437 g/mol. The first-order chi connectivity index (χ1) is 14.6. The molecule has 3 rings (SSSR count). The van der Waals surface area contributed by atoms with Crippen LogP contribution in [0.3, 0.4) is 0 Å². The standard InChI is InChI=1S/C23H27Cl2N3O3/c1-23(2,3)31-22(30)27-11-12-28(20(14-27)15-5-8-17(24)9-6-15)19-10-7-16(13-18(19)25)21(29)26-4/h5-10,13,20H,11-12,14H2,1-4H3,(H,26,29)/t20-/m0/s1. The summed E-state index contributed by atoms with van der Waals surface area (Å²) >= 11 is 12.7. The first-order valence-electron chi connectivity index (χ1n) is 10.1. The summed E-state index contributed by atoms with van der Waals surface area (Å²) in [6.07, 6.45) is -0.341. The van der Waals surface area contributed by atoms with E-state index in [2.05, 4.69) is 10.2 Å². The monoisotopic (exact) mass is 463 g/mol. The molecule has 0 radical (unpaired) electrons. The lowest BCUT2D eigenvalue weighted by Crippen LogP contribution is -2.51. The summed E-state index contributed by atoms with van der Waals surface area (Å²) in [6, 6.07) is 12.7. The van der Waals surface area contributed by atoms with Crippen LogP contribution in [-0.2, 0) is 4.74 Å². The minimum absolute atomic E-state index is 0.151. The summed E-state index contributed by atoms with van der Waals surface area (Å²) in [5.41, 5.74) is 1.73. The number of carbonyl (C=O) groups excluding carboxylic acids is 2. The molecule has 166 valence electrons. The maximum atomic E-state index is 12.7. The van der Waals surface area contributed by atoms with Gasteiger partial charge in [-0.2, -0.15) is 0 Å². The molecule has 0 unspecified atom stereocenters. The molecular formula is C23H27Cl2N3O3. The molecule has 1 aliphatic rings. The van der Waals surface area contributed by atoms with E-state index in [0.29, 0.717) is 35.2 Å². The third-order valence-corrected chi connectivity index (χ3v) is 5.59. The van der Waals surface area contributed by atoms with Crippen LogP contribution in [0.4, 0.5) is 10.5 Å². The highest BCUT2D eigenvalue weighted by Crippen LogP contribution is 2.36. The van der Waals surface area contributed by atoms with Gasteiger partial charge in [-0.25, -0.2) is 4.79 Å². The Balaban J connectivity index is 1.93. The molecule has 0 spiro atoms. The van der Waals surface area contributed by atoms with Crippen LogP contribution in [0, 0.1) is 0 Å². The number of ether oxygens (including phenoxy) is 1. The number of hydrogen-bond acceptors (Lipinski definition) is 4. The summed E-state index contributed by atoms with van der Waals surface area (Å²) in [7, 11) is 1.58.